The lowest BCUT2D eigenvalue weighted by molar-refractivity contribution is 0.565. The minimum Gasteiger partial charge on any atom is -0.344 e. The van der Waals surface area contributed by atoms with Gasteiger partial charge in [-0.25, -0.2) is 0 Å². The van der Waals surface area contributed by atoms with Gasteiger partial charge in [0, 0.05) is 0 Å². The highest BCUT2D eigenvalue weighted by Gasteiger charge is 2.47. The first-order valence-corrected chi connectivity index (χ1v) is 14.4. The maximum Gasteiger partial charge on any atom is 0.133 e. The molecule has 0 heterocycles. The van der Waals surface area contributed by atoms with Crippen molar-refractivity contribution in [3.05, 3.63) is 82.9 Å². The van der Waals surface area contributed by atoms with Gasteiger partial charge in [0.2, 0.25) is 0 Å². The van der Waals surface area contributed by atoms with Crippen molar-refractivity contribution in [2.75, 3.05) is 6.54 Å². The fraction of sp³-hybridized carbons (Fsp3) is 0.409. The number of nitrogens with zero attached hydrogens (tertiary/aromatic N) is 1. The van der Waals surface area contributed by atoms with E-state index in [-0.39, 0.29) is 0 Å². The Labute approximate surface area is 159 Å². The Bertz CT molecular complexity index is 362. The number of hydrogen-bond donors (Lipinski definition) is 0. The Morgan fingerprint density at radius 3 is 1.04 bits per heavy atom. The number of unbranched alkanes of at least 4 members (excludes halogenated alkanes) is 1. The predicted molar refractivity (Wildman–Crippen MR) is 123 cm³/mol. The van der Waals surface area contributed by atoms with Gasteiger partial charge in [-0.1, -0.05) is 49.8 Å². The molecule has 1 nitrogen and oxygen atoms in total. The molecule has 0 aliphatic rings. The molecule has 0 aromatic heterocycles. The molecule has 1 radical (unpaired) electrons. The van der Waals surface area contributed by atoms with Crippen LogP contribution in [0.15, 0.2) is 75.9 Å². The van der Waals surface area contributed by atoms with E-state index in [1.807, 2.05) is 0 Å². The molecule has 139 valence electrons. The fourth-order valence-electron chi connectivity index (χ4n) is 4.02. The summed E-state index contributed by atoms with van der Waals surface area (Å²) in [6.07, 6.45) is 14.7. The molecule has 0 saturated carbocycles. The topological polar surface area (TPSA) is 3.24 Å². The quantitative estimate of drug-likeness (QED) is 0.198. The van der Waals surface area contributed by atoms with Crippen molar-refractivity contribution in [3.63, 3.8) is 0 Å². The highest BCUT2D eigenvalue weighted by Crippen LogP contribution is 2.38. The molecule has 0 aromatic rings. The fourth-order valence-corrected chi connectivity index (χ4v) is 16.5. The van der Waals surface area contributed by atoms with E-state index in [9.17, 15) is 0 Å². The molecule has 0 fully saturated rings. The lowest BCUT2D eigenvalue weighted by Crippen LogP contribution is -2.66. The summed E-state index contributed by atoms with van der Waals surface area (Å²) in [6.45, 7) is 29.6. The van der Waals surface area contributed by atoms with Crippen LogP contribution in [0, 0.1) is 6.92 Å². The highest BCUT2D eigenvalue weighted by molar-refractivity contribution is 6.94. The molecule has 0 aliphatic carbocycles. The van der Waals surface area contributed by atoms with Gasteiger partial charge in [0.15, 0.2) is 0 Å². The average Bonchev–Trinajstić information content (AvgIpc) is 2.56. The van der Waals surface area contributed by atoms with Crippen LogP contribution in [0.4, 0.5) is 0 Å². The van der Waals surface area contributed by atoms with Crippen LogP contribution in [0.1, 0.15) is 12.8 Å². The van der Waals surface area contributed by atoms with Gasteiger partial charge >= 0.3 is 0 Å². The van der Waals surface area contributed by atoms with Crippen LogP contribution < -0.4 is 0 Å². The summed E-state index contributed by atoms with van der Waals surface area (Å²) in [4.78, 5) is 0. The van der Waals surface area contributed by atoms with Crippen molar-refractivity contribution in [1.29, 1.82) is 0 Å². The third kappa shape index (κ3) is 6.57. The third-order valence-electron chi connectivity index (χ3n) is 4.92. The van der Waals surface area contributed by atoms with Crippen molar-refractivity contribution in [3.8, 4) is 0 Å². The van der Waals surface area contributed by atoms with Gasteiger partial charge in [0.25, 0.3) is 0 Å². The zero-order valence-electron chi connectivity index (χ0n) is 16.2. The van der Waals surface area contributed by atoms with E-state index in [1.165, 1.54) is 0 Å². The lowest BCUT2D eigenvalue weighted by atomic mass is 10.3. The Hall–Kier alpha value is -1.17. The number of rotatable bonds is 17. The van der Waals surface area contributed by atoms with E-state index < -0.39 is 16.5 Å². The maximum atomic E-state index is 4.08. The summed E-state index contributed by atoms with van der Waals surface area (Å²) >= 11 is 0. The zero-order valence-corrected chi connectivity index (χ0v) is 18.2. The number of allylic oxidation sites excluding steroid dienone is 6. The largest absolute Gasteiger partial charge is 0.344 e. The van der Waals surface area contributed by atoms with Crippen LogP contribution in [0.2, 0.25) is 36.3 Å². The van der Waals surface area contributed by atoms with E-state index in [4.69, 9.17) is 0 Å². The van der Waals surface area contributed by atoms with Gasteiger partial charge in [-0.05, 0) is 49.2 Å². The Morgan fingerprint density at radius 1 is 0.560 bits per heavy atom. The number of hydrogen-bond acceptors (Lipinski definition) is 1. The molecule has 0 spiro atoms. The van der Waals surface area contributed by atoms with E-state index in [0.29, 0.717) is 0 Å². The molecular formula is C22H38NSi2. The van der Waals surface area contributed by atoms with Crippen LogP contribution in [0.3, 0.4) is 0 Å². The average molecular weight is 373 g/mol. The Balaban J connectivity index is 6.37. The highest BCUT2D eigenvalue weighted by atomic mass is 28.4. The lowest BCUT2D eigenvalue weighted by Gasteiger charge is -2.52. The van der Waals surface area contributed by atoms with Gasteiger partial charge in [0.05, 0.1) is 0 Å². The second kappa shape index (κ2) is 13.1. The Kier molecular flexibility index (Phi) is 12.5. The van der Waals surface area contributed by atoms with Crippen molar-refractivity contribution >= 4 is 16.5 Å². The normalized spacial score (nSPS) is 11.8. The van der Waals surface area contributed by atoms with E-state index in [2.05, 4.69) is 87.1 Å². The molecule has 0 aromatic carbocycles. The van der Waals surface area contributed by atoms with Crippen molar-refractivity contribution < 1.29 is 0 Å². The summed E-state index contributed by atoms with van der Waals surface area (Å²) in [7, 11) is -3.68. The molecule has 0 bridgehead atoms. The first-order valence-electron chi connectivity index (χ1n) is 9.28. The minimum absolute atomic E-state index is 0.956. The third-order valence-corrected chi connectivity index (χ3v) is 16.8. The SMILES string of the molecule is [CH2]CCCN([Si](CC=C)(CC=C)CC=C)[Si](CC=C)(CC=C)CC=C. The molecule has 0 rings (SSSR count). The molecular weight excluding hydrogens is 334 g/mol. The zero-order chi connectivity index (χ0) is 19.2. The van der Waals surface area contributed by atoms with E-state index >= 15 is 0 Å². The molecule has 0 aliphatic heterocycles. The van der Waals surface area contributed by atoms with Crippen LogP contribution in [-0.4, -0.2) is 27.2 Å². The van der Waals surface area contributed by atoms with Gasteiger partial charge in [-0.15, -0.1) is 39.5 Å². The first kappa shape index (κ1) is 23.8. The maximum absolute atomic E-state index is 4.08. The van der Waals surface area contributed by atoms with Gasteiger partial charge in [-0.3, -0.25) is 0 Å². The van der Waals surface area contributed by atoms with Gasteiger partial charge in [0.1, 0.15) is 16.5 Å². The summed E-state index contributed by atoms with van der Waals surface area (Å²) in [5.74, 6) is 0. The van der Waals surface area contributed by atoms with E-state index in [0.717, 1.165) is 55.7 Å². The summed E-state index contributed by atoms with van der Waals surface area (Å²) in [5, 5.41) is 0. The summed E-state index contributed by atoms with van der Waals surface area (Å²) < 4.78 is 2.92. The van der Waals surface area contributed by atoms with Crippen molar-refractivity contribution in [2.45, 2.75) is 49.1 Å². The molecule has 0 unspecified atom stereocenters. The standard InChI is InChI=1S/C22H38NSi2/c1-8-15-16-23(24(17-9-2,18-10-3)19-11-4)25(20-12-5,21-13-6)22-14-7/h9-14H,1-8,15-22H2. The van der Waals surface area contributed by atoms with Gasteiger partial charge < -0.3 is 4.23 Å². The Morgan fingerprint density at radius 2 is 0.840 bits per heavy atom. The van der Waals surface area contributed by atoms with Gasteiger partial charge in [-0.2, -0.15) is 0 Å². The monoisotopic (exact) mass is 372 g/mol. The second-order valence-corrected chi connectivity index (χ2v) is 15.6. The smallest absolute Gasteiger partial charge is 0.133 e. The van der Waals surface area contributed by atoms with Crippen LogP contribution >= 0.6 is 0 Å². The molecule has 0 saturated heterocycles. The molecule has 0 N–H and O–H groups in total. The predicted octanol–water partition coefficient (Wildman–Crippen LogP) is 6.91. The van der Waals surface area contributed by atoms with Crippen LogP contribution in [0.5, 0.6) is 0 Å². The van der Waals surface area contributed by atoms with Crippen molar-refractivity contribution in [1.82, 2.24) is 4.23 Å². The molecule has 3 heteroatoms. The molecule has 0 atom stereocenters. The first-order chi connectivity index (χ1) is 12.1. The second-order valence-electron chi connectivity index (χ2n) is 6.76. The van der Waals surface area contributed by atoms with E-state index in [1.54, 1.807) is 0 Å². The van der Waals surface area contributed by atoms with Crippen molar-refractivity contribution in [2.24, 2.45) is 0 Å². The van der Waals surface area contributed by atoms with Crippen LogP contribution in [-0.2, 0) is 0 Å². The summed E-state index contributed by atoms with van der Waals surface area (Å²) in [5.41, 5.74) is 0. The van der Waals surface area contributed by atoms with Crippen LogP contribution in [0.25, 0.3) is 0 Å². The molecule has 0 amide bonds. The molecule has 25 heavy (non-hydrogen) atoms. The summed E-state index contributed by atoms with van der Waals surface area (Å²) in [6, 6.07) is 6.35. The minimum atomic E-state index is -1.84.